The zero-order valence-corrected chi connectivity index (χ0v) is 13.2. The van der Waals surface area contributed by atoms with Crippen molar-refractivity contribution in [1.82, 2.24) is 10.3 Å². The van der Waals surface area contributed by atoms with E-state index < -0.39 is 0 Å². The number of thiophene rings is 1. The maximum absolute atomic E-state index is 14.7. The quantitative estimate of drug-likeness (QED) is 0.881. The number of anilines is 1. The van der Waals surface area contributed by atoms with Crippen LogP contribution in [0.25, 0.3) is 0 Å². The summed E-state index contributed by atoms with van der Waals surface area (Å²) in [5, 5.41) is 5.39. The highest BCUT2D eigenvalue weighted by Crippen LogP contribution is 2.29. The Morgan fingerprint density at radius 3 is 2.95 bits per heavy atom. The first kappa shape index (κ1) is 14.5. The number of rotatable bonds is 6. The Morgan fingerprint density at radius 1 is 1.48 bits per heavy atom. The van der Waals surface area contributed by atoms with Crippen LogP contribution < -0.4 is 10.2 Å². The molecule has 1 N–H and O–H groups in total. The standard InChI is InChI=1S/C16H20FN3S/c1-11(14-4-3-9-21-14)20(2)16-15(17)12(7-8-18-16)10-19-13-5-6-13/h3-4,7-9,11,13,19H,5-6,10H2,1-2H3. The van der Waals surface area contributed by atoms with Gasteiger partial charge < -0.3 is 10.2 Å². The van der Waals surface area contributed by atoms with Crippen LogP contribution in [0.1, 0.15) is 36.2 Å². The van der Waals surface area contributed by atoms with Gasteiger partial charge in [0.15, 0.2) is 11.6 Å². The van der Waals surface area contributed by atoms with E-state index in [9.17, 15) is 4.39 Å². The lowest BCUT2D eigenvalue weighted by Gasteiger charge is -2.26. The molecule has 1 fully saturated rings. The molecule has 0 bridgehead atoms. The van der Waals surface area contributed by atoms with E-state index in [4.69, 9.17) is 0 Å². The number of hydrogen-bond acceptors (Lipinski definition) is 4. The van der Waals surface area contributed by atoms with Gasteiger partial charge in [0.1, 0.15) is 0 Å². The lowest BCUT2D eigenvalue weighted by Crippen LogP contribution is -2.24. The van der Waals surface area contributed by atoms with Crippen molar-refractivity contribution >= 4 is 17.2 Å². The van der Waals surface area contributed by atoms with Gasteiger partial charge in [-0.25, -0.2) is 9.37 Å². The number of pyridine rings is 1. The molecule has 1 unspecified atom stereocenters. The van der Waals surface area contributed by atoms with Crippen LogP contribution in [-0.2, 0) is 6.54 Å². The van der Waals surface area contributed by atoms with Crippen LogP contribution in [-0.4, -0.2) is 18.1 Å². The molecule has 0 radical (unpaired) electrons. The molecule has 0 saturated heterocycles. The summed E-state index contributed by atoms with van der Waals surface area (Å²) in [6.45, 7) is 2.65. The number of nitrogens with one attached hydrogen (secondary N) is 1. The van der Waals surface area contributed by atoms with Crippen LogP contribution in [0.5, 0.6) is 0 Å². The molecule has 0 aromatic carbocycles. The van der Waals surface area contributed by atoms with Gasteiger partial charge in [-0.1, -0.05) is 6.07 Å². The van der Waals surface area contributed by atoms with Gasteiger partial charge in [0.05, 0.1) is 6.04 Å². The summed E-state index contributed by atoms with van der Waals surface area (Å²) in [4.78, 5) is 7.35. The third-order valence-corrected chi connectivity index (χ3v) is 5.02. The van der Waals surface area contributed by atoms with Crippen LogP contribution in [0.3, 0.4) is 0 Å². The van der Waals surface area contributed by atoms with E-state index in [0.717, 1.165) is 0 Å². The fourth-order valence-electron chi connectivity index (χ4n) is 2.30. The maximum atomic E-state index is 14.7. The Kier molecular flexibility index (Phi) is 4.22. The third-order valence-electron chi connectivity index (χ3n) is 3.98. The molecule has 0 aliphatic heterocycles. The van der Waals surface area contributed by atoms with Gasteiger partial charge in [-0.2, -0.15) is 0 Å². The van der Waals surface area contributed by atoms with Gasteiger partial charge >= 0.3 is 0 Å². The Bertz CT molecular complexity index is 596. The number of aromatic nitrogens is 1. The van der Waals surface area contributed by atoms with E-state index in [1.165, 1.54) is 17.7 Å². The summed E-state index contributed by atoms with van der Waals surface area (Å²) in [5.74, 6) is 0.211. The fourth-order valence-corrected chi connectivity index (χ4v) is 3.13. The lowest BCUT2D eigenvalue weighted by molar-refractivity contribution is 0.571. The highest BCUT2D eigenvalue weighted by Gasteiger charge is 2.23. The van der Waals surface area contributed by atoms with Crippen molar-refractivity contribution in [1.29, 1.82) is 0 Å². The fraction of sp³-hybridized carbons (Fsp3) is 0.438. The summed E-state index contributed by atoms with van der Waals surface area (Å²) in [6.07, 6.45) is 4.10. The first-order valence-electron chi connectivity index (χ1n) is 7.30. The number of halogens is 1. The Hall–Kier alpha value is -1.46. The van der Waals surface area contributed by atoms with Gasteiger partial charge in [0.2, 0.25) is 0 Å². The summed E-state index contributed by atoms with van der Waals surface area (Å²) in [7, 11) is 1.90. The van der Waals surface area contributed by atoms with E-state index in [0.29, 0.717) is 24.0 Å². The molecule has 112 valence electrons. The third kappa shape index (κ3) is 3.24. The van der Waals surface area contributed by atoms with Gasteiger partial charge in [0, 0.05) is 36.3 Å². The zero-order chi connectivity index (χ0) is 14.8. The first-order valence-corrected chi connectivity index (χ1v) is 8.17. The molecule has 0 amide bonds. The largest absolute Gasteiger partial charge is 0.350 e. The van der Waals surface area contributed by atoms with Crippen LogP contribution in [0.2, 0.25) is 0 Å². The zero-order valence-electron chi connectivity index (χ0n) is 12.3. The van der Waals surface area contributed by atoms with Crippen molar-refractivity contribution in [3.63, 3.8) is 0 Å². The van der Waals surface area contributed by atoms with Crippen molar-refractivity contribution < 1.29 is 4.39 Å². The highest BCUT2D eigenvalue weighted by atomic mass is 32.1. The summed E-state index contributed by atoms with van der Waals surface area (Å²) < 4.78 is 14.7. The summed E-state index contributed by atoms with van der Waals surface area (Å²) in [6, 6.07) is 6.53. The molecule has 2 aromatic heterocycles. The highest BCUT2D eigenvalue weighted by molar-refractivity contribution is 7.10. The van der Waals surface area contributed by atoms with Gasteiger partial charge in [-0.3, -0.25) is 0 Å². The molecule has 1 saturated carbocycles. The average Bonchev–Trinajstić information content (AvgIpc) is 3.16. The molecular formula is C16H20FN3S. The first-order chi connectivity index (χ1) is 10.2. The Labute approximate surface area is 128 Å². The summed E-state index contributed by atoms with van der Waals surface area (Å²) in [5.41, 5.74) is 0.692. The SMILES string of the molecule is CC(c1cccs1)N(C)c1nccc(CNC2CC2)c1F. The molecule has 3 nitrogen and oxygen atoms in total. The Balaban J connectivity index is 1.78. The smallest absolute Gasteiger partial charge is 0.170 e. The normalized spacial score (nSPS) is 16.0. The second-order valence-electron chi connectivity index (χ2n) is 5.57. The number of nitrogens with zero attached hydrogens (tertiary/aromatic N) is 2. The molecule has 1 aliphatic rings. The lowest BCUT2D eigenvalue weighted by atomic mass is 10.2. The van der Waals surface area contributed by atoms with Crippen LogP contribution >= 0.6 is 11.3 Å². The van der Waals surface area contributed by atoms with Crippen LogP contribution in [0, 0.1) is 5.82 Å². The molecule has 1 atom stereocenters. The molecule has 0 spiro atoms. The minimum Gasteiger partial charge on any atom is -0.350 e. The van der Waals surface area contributed by atoms with Crippen LogP contribution in [0.15, 0.2) is 29.8 Å². The topological polar surface area (TPSA) is 28.2 Å². The number of hydrogen-bond donors (Lipinski definition) is 1. The van der Waals surface area contributed by atoms with Gasteiger partial charge in [-0.15, -0.1) is 11.3 Å². The van der Waals surface area contributed by atoms with E-state index in [-0.39, 0.29) is 11.9 Å². The molecule has 3 rings (SSSR count). The predicted molar refractivity (Wildman–Crippen MR) is 85.2 cm³/mol. The predicted octanol–water partition coefficient (Wildman–Crippen LogP) is 3.73. The summed E-state index contributed by atoms with van der Waals surface area (Å²) >= 11 is 1.68. The second-order valence-corrected chi connectivity index (χ2v) is 6.54. The minimum atomic E-state index is -0.212. The Morgan fingerprint density at radius 2 is 2.29 bits per heavy atom. The maximum Gasteiger partial charge on any atom is 0.170 e. The molecule has 5 heteroatoms. The van der Waals surface area contributed by atoms with Crippen molar-refractivity contribution in [3.05, 3.63) is 46.0 Å². The van der Waals surface area contributed by atoms with Gasteiger partial charge in [-0.05, 0) is 37.3 Å². The average molecular weight is 305 g/mol. The van der Waals surface area contributed by atoms with E-state index in [1.54, 1.807) is 23.6 Å². The van der Waals surface area contributed by atoms with Crippen molar-refractivity contribution in [2.75, 3.05) is 11.9 Å². The van der Waals surface area contributed by atoms with E-state index >= 15 is 0 Å². The van der Waals surface area contributed by atoms with Crippen molar-refractivity contribution in [3.8, 4) is 0 Å². The molecule has 1 aliphatic carbocycles. The molecule has 21 heavy (non-hydrogen) atoms. The monoisotopic (exact) mass is 305 g/mol. The van der Waals surface area contributed by atoms with Crippen molar-refractivity contribution in [2.45, 2.75) is 38.4 Å². The van der Waals surface area contributed by atoms with E-state index in [2.05, 4.69) is 23.3 Å². The molecule has 2 aromatic rings. The molecular weight excluding hydrogens is 285 g/mol. The van der Waals surface area contributed by atoms with Crippen molar-refractivity contribution in [2.24, 2.45) is 0 Å². The second kappa shape index (κ2) is 6.12. The van der Waals surface area contributed by atoms with Crippen LogP contribution in [0.4, 0.5) is 10.2 Å². The van der Waals surface area contributed by atoms with E-state index in [1.807, 2.05) is 23.4 Å². The van der Waals surface area contributed by atoms with Gasteiger partial charge in [0.25, 0.3) is 0 Å². The minimum absolute atomic E-state index is 0.110. The molecule has 2 heterocycles.